The zero-order valence-electron chi connectivity index (χ0n) is 8.13. The smallest absolute Gasteiger partial charge is 0.0493 e. The van der Waals surface area contributed by atoms with Crippen LogP contribution in [0.3, 0.4) is 0 Å². The predicted molar refractivity (Wildman–Crippen MR) is 47.5 cm³/mol. The van der Waals surface area contributed by atoms with Crippen LogP contribution in [0.5, 0.6) is 0 Å². The van der Waals surface area contributed by atoms with Gasteiger partial charge >= 0.3 is 0 Å². The quantitative estimate of drug-likeness (QED) is 0.597. The van der Waals surface area contributed by atoms with Crippen LogP contribution < -0.4 is 0 Å². The van der Waals surface area contributed by atoms with Gasteiger partial charge in [-0.3, -0.25) is 0 Å². The number of methoxy groups -OCH3 is 1. The third kappa shape index (κ3) is 1.76. The van der Waals surface area contributed by atoms with E-state index in [2.05, 4.69) is 20.8 Å². The topological polar surface area (TPSA) is 9.23 Å². The minimum atomic E-state index is 0.810. The first kappa shape index (κ1) is 9.05. The van der Waals surface area contributed by atoms with Crippen LogP contribution in [0.1, 0.15) is 27.2 Å². The predicted octanol–water partition coefficient (Wildman–Crippen LogP) is 2.56. The van der Waals surface area contributed by atoms with E-state index >= 15 is 0 Å². The molecule has 0 amide bonds. The lowest BCUT2D eigenvalue weighted by Crippen LogP contribution is -2.14. The van der Waals surface area contributed by atoms with Gasteiger partial charge in [-0.25, -0.2) is 0 Å². The van der Waals surface area contributed by atoms with Crippen molar-refractivity contribution in [2.45, 2.75) is 27.2 Å². The highest BCUT2D eigenvalue weighted by molar-refractivity contribution is 4.83. The third-order valence-electron chi connectivity index (χ3n) is 3.53. The van der Waals surface area contributed by atoms with Crippen molar-refractivity contribution in [3.63, 3.8) is 0 Å². The molecule has 1 heteroatoms. The lowest BCUT2D eigenvalue weighted by molar-refractivity contribution is 0.131. The van der Waals surface area contributed by atoms with Crippen molar-refractivity contribution in [2.24, 2.45) is 23.7 Å². The fraction of sp³-hybridized carbons (Fsp3) is 1.00. The van der Waals surface area contributed by atoms with Crippen molar-refractivity contribution >= 4 is 0 Å². The first-order valence-corrected chi connectivity index (χ1v) is 4.65. The maximum atomic E-state index is 5.19. The van der Waals surface area contributed by atoms with E-state index in [9.17, 15) is 0 Å². The molecule has 4 unspecified atom stereocenters. The molecule has 0 heterocycles. The Morgan fingerprint density at radius 3 is 2.18 bits per heavy atom. The van der Waals surface area contributed by atoms with Gasteiger partial charge in [0.2, 0.25) is 0 Å². The van der Waals surface area contributed by atoms with Crippen molar-refractivity contribution in [1.29, 1.82) is 0 Å². The van der Waals surface area contributed by atoms with E-state index in [4.69, 9.17) is 4.74 Å². The molecule has 4 atom stereocenters. The van der Waals surface area contributed by atoms with Crippen molar-refractivity contribution in [3.05, 3.63) is 0 Å². The Labute approximate surface area is 70.1 Å². The largest absolute Gasteiger partial charge is 0.384 e. The van der Waals surface area contributed by atoms with E-state index in [-0.39, 0.29) is 0 Å². The molecule has 1 saturated carbocycles. The maximum absolute atomic E-state index is 5.19. The molecule has 0 aromatic heterocycles. The number of hydrogen-bond donors (Lipinski definition) is 0. The molecule has 0 radical (unpaired) electrons. The van der Waals surface area contributed by atoms with Crippen LogP contribution in [0.15, 0.2) is 0 Å². The van der Waals surface area contributed by atoms with Crippen LogP contribution >= 0.6 is 0 Å². The summed E-state index contributed by atoms with van der Waals surface area (Å²) >= 11 is 0. The van der Waals surface area contributed by atoms with Crippen LogP contribution in [0.2, 0.25) is 0 Å². The Hall–Kier alpha value is -0.0400. The summed E-state index contributed by atoms with van der Waals surface area (Å²) in [6.07, 6.45) is 1.36. The van der Waals surface area contributed by atoms with Crippen LogP contribution in [0.25, 0.3) is 0 Å². The Bertz CT molecular complexity index is 122. The fourth-order valence-corrected chi connectivity index (χ4v) is 2.29. The van der Waals surface area contributed by atoms with Crippen LogP contribution in [-0.2, 0) is 4.74 Å². The van der Waals surface area contributed by atoms with Gasteiger partial charge in [-0.05, 0) is 30.1 Å². The molecule has 0 aliphatic heterocycles. The third-order valence-corrected chi connectivity index (χ3v) is 3.53. The highest BCUT2D eigenvalue weighted by Crippen LogP contribution is 2.40. The Kier molecular flexibility index (Phi) is 2.94. The second-order valence-corrected chi connectivity index (χ2v) is 4.15. The Morgan fingerprint density at radius 1 is 1.18 bits per heavy atom. The second-order valence-electron chi connectivity index (χ2n) is 4.15. The van der Waals surface area contributed by atoms with Gasteiger partial charge in [0.15, 0.2) is 0 Å². The van der Waals surface area contributed by atoms with E-state index in [0.717, 1.165) is 30.3 Å². The SMILES string of the molecule is COCC1CC(C)C(C)C1C. The van der Waals surface area contributed by atoms with Gasteiger partial charge in [0, 0.05) is 13.7 Å². The van der Waals surface area contributed by atoms with Gasteiger partial charge in [0.05, 0.1) is 0 Å². The Balaban J connectivity index is 2.45. The van der Waals surface area contributed by atoms with E-state index in [1.807, 2.05) is 0 Å². The molecule has 0 aromatic rings. The van der Waals surface area contributed by atoms with Crippen molar-refractivity contribution < 1.29 is 4.74 Å². The number of rotatable bonds is 2. The summed E-state index contributed by atoms with van der Waals surface area (Å²) in [6.45, 7) is 8.04. The molecule has 1 rings (SSSR count). The number of ether oxygens (including phenoxy) is 1. The molecule has 0 aromatic carbocycles. The fourth-order valence-electron chi connectivity index (χ4n) is 2.29. The molecule has 1 fully saturated rings. The molecule has 1 nitrogen and oxygen atoms in total. The van der Waals surface area contributed by atoms with Gasteiger partial charge in [-0.2, -0.15) is 0 Å². The molecule has 0 bridgehead atoms. The van der Waals surface area contributed by atoms with Crippen LogP contribution in [0, 0.1) is 23.7 Å². The summed E-state index contributed by atoms with van der Waals surface area (Å²) in [5.74, 6) is 3.44. The monoisotopic (exact) mass is 156 g/mol. The highest BCUT2D eigenvalue weighted by Gasteiger charge is 2.34. The van der Waals surface area contributed by atoms with Crippen LogP contribution in [-0.4, -0.2) is 13.7 Å². The Morgan fingerprint density at radius 2 is 1.82 bits per heavy atom. The summed E-state index contributed by atoms with van der Waals surface area (Å²) in [5.41, 5.74) is 0. The van der Waals surface area contributed by atoms with Crippen molar-refractivity contribution in [1.82, 2.24) is 0 Å². The minimum Gasteiger partial charge on any atom is -0.384 e. The first-order chi connectivity index (χ1) is 5.16. The first-order valence-electron chi connectivity index (χ1n) is 4.65. The highest BCUT2D eigenvalue weighted by atomic mass is 16.5. The van der Waals surface area contributed by atoms with Crippen LogP contribution in [0.4, 0.5) is 0 Å². The molecule has 0 N–H and O–H groups in total. The molecule has 1 aliphatic carbocycles. The van der Waals surface area contributed by atoms with Gasteiger partial charge in [0.1, 0.15) is 0 Å². The average molecular weight is 156 g/mol. The standard InChI is InChI=1S/C10H20O/c1-7-5-10(6-11-4)9(3)8(7)2/h7-10H,5-6H2,1-4H3. The van der Waals surface area contributed by atoms with Gasteiger partial charge in [0.25, 0.3) is 0 Å². The summed E-state index contributed by atoms with van der Waals surface area (Å²) < 4.78 is 5.19. The molecule has 66 valence electrons. The summed E-state index contributed by atoms with van der Waals surface area (Å²) in [5, 5.41) is 0. The molecule has 1 aliphatic rings. The van der Waals surface area contributed by atoms with Gasteiger partial charge in [-0.15, -0.1) is 0 Å². The lowest BCUT2D eigenvalue weighted by atomic mass is 9.91. The summed E-state index contributed by atoms with van der Waals surface area (Å²) in [6, 6.07) is 0. The summed E-state index contributed by atoms with van der Waals surface area (Å²) in [7, 11) is 1.81. The molecule has 0 saturated heterocycles. The van der Waals surface area contributed by atoms with E-state index in [0.29, 0.717) is 0 Å². The maximum Gasteiger partial charge on any atom is 0.0493 e. The van der Waals surface area contributed by atoms with E-state index < -0.39 is 0 Å². The summed E-state index contributed by atoms with van der Waals surface area (Å²) in [4.78, 5) is 0. The molecule has 0 spiro atoms. The van der Waals surface area contributed by atoms with Gasteiger partial charge < -0.3 is 4.74 Å². The lowest BCUT2D eigenvalue weighted by Gasteiger charge is -2.17. The number of hydrogen-bond acceptors (Lipinski definition) is 1. The second kappa shape index (κ2) is 3.57. The zero-order chi connectivity index (χ0) is 8.43. The molecular formula is C10H20O. The van der Waals surface area contributed by atoms with Crippen molar-refractivity contribution in [3.8, 4) is 0 Å². The minimum absolute atomic E-state index is 0.810. The van der Waals surface area contributed by atoms with Gasteiger partial charge in [-0.1, -0.05) is 20.8 Å². The van der Waals surface area contributed by atoms with E-state index in [1.165, 1.54) is 6.42 Å². The zero-order valence-corrected chi connectivity index (χ0v) is 8.13. The molecule has 11 heavy (non-hydrogen) atoms. The normalized spacial score (nSPS) is 44.7. The average Bonchev–Trinajstić information content (AvgIpc) is 2.19. The molecular weight excluding hydrogens is 136 g/mol. The van der Waals surface area contributed by atoms with Crippen molar-refractivity contribution in [2.75, 3.05) is 13.7 Å². The van der Waals surface area contributed by atoms with E-state index in [1.54, 1.807) is 7.11 Å².